The Morgan fingerprint density at radius 1 is 0.797 bits per heavy atom. The Hall–Kier alpha value is -6.98. The first-order valence-electron chi connectivity index (χ1n) is 24.3. The zero-order valence-electron chi connectivity index (χ0n) is 41.8. The number of carbonyl (C=O) groups excluding carboxylic acids is 7. The maximum Gasteiger partial charge on any atom is 0.303 e. The molecule has 1 fully saturated rings. The first-order chi connectivity index (χ1) is 34.9. The van der Waals surface area contributed by atoms with Gasteiger partial charge < -0.3 is 71.2 Å². The Morgan fingerprint density at radius 3 is 2.01 bits per heavy atom. The minimum absolute atomic E-state index is 0.00997. The van der Waals surface area contributed by atoms with Crippen molar-refractivity contribution in [2.24, 2.45) is 11.8 Å². The summed E-state index contributed by atoms with van der Waals surface area (Å²) in [5, 5.41) is 86.5. The van der Waals surface area contributed by atoms with E-state index in [9.17, 15) is 69.0 Å². The van der Waals surface area contributed by atoms with E-state index in [2.05, 4.69) is 21.3 Å². The third-order valence-corrected chi connectivity index (χ3v) is 13.4. The molecule has 0 unspecified atom stereocenters. The van der Waals surface area contributed by atoms with Crippen LogP contribution in [0.15, 0.2) is 42.5 Å². The Kier molecular flexibility index (Phi) is 17.9. The van der Waals surface area contributed by atoms with E-state index >= 15 is 0 Å². The highest BCUT2D eigenvalue weighted by Crippen LogP contribution is 2.52. The van der Waals surface area contributed by atoms with E-state index in [-0.39, 0.29) is 71.3 Å². The van der Waals surface area contributed by atoms with Gasteiger partial charge in [-0.1, -0.05) is 52.0 Å². The number of methoxy groups -OCH3 is 1. The molecule has 9 atom stereocenters. The van der Waals surface area contributed by atoms with Crippen molar-refractivity contribution in [1.29, 1.82) is 0 Å². The van der Waals surface area contributed by atoms with E-state index in [1.165, 1.54) is 56.5 Å². The van der Waals surface area contributed by atoms with Crippen LogP contribution in [0.4, 0.5) is 0 Å². The number of amides is 4. The Balaban J connectivity index is 1.27. The third kappa shape index (κ3) is 12.5. The molecule has 3 aliphatic rings. The molecule has 0 radical (unpaired) electrons. The number of nitrogens with one attached hydrogen (secondary N) is 4. The van der Waals surface area contributed by atoms with Gasteiger partial charge in [-0.2, -0.15) is 0 Å². The fraction of sp³-hybridized carbons (Fsp3) is 0.500. The van der Waals surface area contributed by atoms with Gasteiger partial charge in [-0.3, -0.25) is 38.4 Å². The minimum Gasteiger partial charge on any atom is -0.508 e. The number of Topliss-reactive ketones (excluding diaryl/α,β-unsaturated/α-hetero) is 1. The van der Waals surface area contributed by atoms with E-state index in [0.29, 0.717) is 5.56 Å². The largest absolute Gasteiger partial charge is 0.508 e. The molecule has 74 heavy (non-hydrogen) atoms. The predicted octanol–water partition coefficient (Wildman–Crippen LogP) is 1.52. The number of ketones is 3. The molecular weight excluding hydrogens is 969 g/mol. The molecule has 3 aromatic carbocycles. The zero-order valence-corrected chi connectivity index (χ0v) is 41.8. The van der Waals surface area contributed by atoms with E-state index < -0.39 is 156 Å². The Morgan fingerprint density at radius 2 is 1.41 bits per heavy atom. The van der Waals surface area contributed by atoms with Crippen molar-refractivity contribution >= 4 is 46.9 Å². The topological polar surface area (TPSA) is 354 Å². The highest BCUT2D eigenvalue weighted by atomic mass is 16.7. The number of ether oxygens (including phenoxy) is 3. The number of fused-ring (bicyclic) bond motifs is 3. The van der Waals surface area contributed by atoms with Gasteiger partial charge >= 0.3 is 5.97 Å². The van der Waals surface area contributed by atoms with Crippen molar-refractivity contribution in [3.05, 3.63) is 81.4 Å². The van der Waals surface area contributed by atoms with Gasteiger partial charge in [0.05, 0.1) is 48.5 Å². The second-order valence-electron chi connectivity index (χ2n) is 19.9. The van der Waals surface area contributed by atoms with Crippen molar-refractivity contribution < 1.29 is 88.3 Å². The normalized spacial score (nSPS) is 22.3. The fourth-order valence-corrected chi connectivity index (χ4v) is 9.66. The zero-order chi connectivity index (χ0) is 54.5. The maximum absolute atomic E-state index is 14.4. The first-order valence-corrected chi connectivity index (χ1v) is 24.3. The molecule has 0 spiro atoms. The summed E-state index contributed by atoms with van der Waals surface area (Å²) < 4.78 is 17.7. The molecule has 3 aromatic rings. The van der Waals surface area contributed by atoms with Gasteiger partial charge in [-0.05, 0) is 55.4 Å². The highest BCUT2D eigenvalue weighted by molar-refractivity contribution is 6.31. The number of aliphatic hydroxyl groups excluding tert-OH is 2. The molecule has 0 bridgehead atoms. The molecule has 6 rings (SSSR count). The number of rotatable bonds is 21. The molecule has 400 valence electrons. The molecule has 11 N–H and O–H groups in total. The minimum atomic E-state index is -2.45. The second kappa shape index (κ2) is 23.5. The van der Waals surface area contributed by atoms with Crippen LogP contribution in [0.3, 0.4) is 0 Å². The van der Waals surface area contributed by atoms with Crippen molar-refractivity contribution in [3.8, 4) is 23.0 Å². The lowest BCUT2D eigenvalue weighted by Crippen LogP contribution is -2.61. The second-order valence-corrected chi connectivity index (χ2v) is 19.9. The number of hydrogen-bond donors (Lipinski definition) is 11. The van der Waals surface area contributed by atoms with Gasteiger partial charge in [0.2, 0.25) is 29.4 Å². The SMILES string of the molecule is COc1cccc2c1C(=O)c1c(O)c3c(c(O)c1C2=O)C[C@@](O)(C(=O)CO)C[C@@H]3O[C@H]1C[C@H](NC(=O)[C@H](CC(C)C)NC(=O)[C@H](Cc2ccc(O)cc2)NC(=O)[C@H](CC(C)C)NC(=O)CCC(=O)O)[C@H](O)[C@H](C)O1. The quantitative estimate of drug-likeness (QED) is 0.0527. The van der Waals surface area contributed by atoms with E-state index in [1.54, 1.807) is 27.7 Å². The van der Waals surface area contributed by atoms with Crippen LogP contribution in [-0.2, 0) is 51.1 Å². The molecule has 4 amide bonds. The van der Waals surface area contributed by atoms with Gasteiger partial charge in [0.25, 0.3) is 0 Å². The smallest absolute Gasteiger partial charge is 0.303 e. The van der Waals surface area contributed by atoms with Crippen LogP contribution in [-0.4, -0.2) is 145 Å². The van der Waals surface area contributed by atoms with Gasteiger partial charge in [-0.25, -0.2) is 0 Å². The number of aliphatic carboxylic acids is 1. The highest BCUT2D eigenvalue weighted by Gasteiger charge is 2.50. The number of carboxylic acids is 1. The Labute approximate surface area is 425 Å². The summed E-state index contributed by atoms with van der Waals surface area (Å²) in [5.74, 6) is -9.13. The average Bonchev–Trinajstić information content (AvgIpc) is 3.34. The summed E-state index contributed by atoms with van der Waals surface area (Å²) in [6, 6.07) is 5.00. The van der Waals surface area contributed by atoms with Crippen LogP contribution in [0.25, 0.3) is 0 Å². The van der Waals surface area contributed by atoms with Crippen molar-refractivity contribution in [1.82, 2.24) is 21.3 Å². The number of phenols is 3. The number of carboxylic acid groups (broad SMARTS) is 1. The van der Waals surface area contributed by atoms with Crippen LogP contribution < -0.4 is 26.0 Å². The van der Waals surface area contributed by atoms with Gasteiger partial charge in [0.1, 0.15) is 59.4 Å². The summed E-state index contributed by atoms with van der Waals surface area (Å²) in [6.45, 7) is 7.48. The summed E-state index contributed by atoms with van der Waals surface area (Å²) >= 11 is 0. The predicted molar refractivity (Wildman–Crippen MR) is 259 cm³/mol. The van der Waals surface area contributed by atoms with Gasteiger partial charge in [0.15, 0.2) is 17.9 Å². The third-order valence-electron chi connectivity index (χ3n) is 13.4. The molecule has 1 saturated heterocycles. The summed E-state index contributed by atoms with van der Waals surface area (Å²) in [4.78, 5) is 108. The van der Waals surface area contributed by atoms with Crippen molar-refractivity contribution in [2.45, 2.75) is 140 Å². The van der Waals surface area contributed by atoms with E-state index in [4.69, 9.17) is 19.3 Å². The number of carbonyl (C=O) groups is 8. The average molecular weight is 1030 g/mol. The molecule has 0 saturated carbocycles. The lowest BCUT2D eigenvalue weighted by Gasteiger charge is -2.43. The maximum atomic E-state index is 14.4. The van der Waals surface area contributed by atoms with Crippen molar-refractivity contribution in [3.63, 3.8) is 0 Å². The first kappa shape index (κ1) is 56.3. The van der Waals surface area contributed by atoms with Crippen LogP contribution in [0.2, 0.25) is 0 Å². The van der Waals surface area contributed by atoms with Gasteiger partial charge in [-0.15, -0.1) is 0 Å². The van der Waals surface area contributed by atoms with Crippen molar-refractivity contribution in [2.75, 3.05) is 13.7 Å². The number of phenolic OH excluding ortho intramolecular Hbond substituents is 3. The van der Waals surface area contributed by atoms with E-state index in [1.807, 2.05) is 0 Å². The number of hydrogen-bond acceptors (Lipinski definition) is 17. The molecule has 22 nitrogen and oxygen atoms in total. The molecule has 1 aliphatic heterocycles. The Bertz CT molecular complexity index is 2670. The number of aliphatic hydroxyl groups is 3. The van der Waals surface area contributed by atoms with Crippen LogP contribution in [0.5, 0.6) is 23.0 Å². The van der Waals surface area contributed by atoms with E-state index in [0.717, 1.165) is 0 Å². The lowest BCUT2D eigenvalue weighted by atomic mass is 9.72. The fourth-order valence-electron chi connectivity index (χ4n) is 9.66. The molecule has 2 aliphatic carbocycles. The summed E-state index contributed by atoms with van der Waals surface area (Å²) in [5.41, 5.74) is -4.06. The summed E-state index contributed by atoms with van der Waals surface area (Å²) in [7, 11) is 1.28. The molecular formula is C52H64N4O18. The lowest BCUT2D eigenvalue weighted by molar-refractivity contribution is -0.249. The molecule has 0 aromatic heterocycles. The molecule has 22 heteroatoms. The standard InChI is InChI=1S/C52H64N4O18/c1-23(2)16-31(53-37(60)14-15-38(61)62)49(68)56-33(18-26-10-12-27(58)13-11-26)51(70)55-32(17-24(3)4)50(69)54-30-19-39(73-25(5)44(30)63)74-35-21-52(71,36(59)22-57)20-29-41(35)48(67)43-42(46(29)65)45(64)28-8-7-9-34(72-6)40(28)47(43)66/h7-13,23-25,30-33,35,39,44,57-58,63,65,67,71H,14-22H2,1-6H3,(H,53,60)(H,54,69)(H,55,70)(H,56,68)(H,61,62)/t25-,30-,31-,32-,33-,35-,39-,44+,52-/m0/s1. The van der Waals surface area contributed by atoms with Crippen LogP contribution in [0.1, 0.15) is 128 Å². The van der Waals surface area contributed by atoms with Crippen LogP contribution in [0, 0.1) is 11.8 Å². The number of benzene rings is 3. The number of aromatic hydroxyl groups is 3. The monoisotopic (exact) mass is 1030 g/mol. The van der Waals surface area contributed by atoms with Gasteiger partial charge in [0, 0.05) is 48.8 Å². The summed E-state index contributed by atoms with van der Waals surface area (Å²) in [6.07, 6.45) is -8.11. The van der Waals surface area contributed by atoms with Crippen LogP contribution >= 0.6 is 0 Å². The molecule has 1 heterocycles.